The summed E-state index contributed by atoms with van der Waals surface area (Å²) in [4.78, 5) is 0. The highest BCUT2D eigenvalue weighted by atomic mass is 35.5. The molecule has 2 aromatic rings. The fourth-order valence-corrected chi connectivity index (χ4v) is 2.51. The van der Waals surface area contributed by atoms with E-state index in [9.17, 15) is 4.39 Å². The van der Waals surface area contributed by atoms with Gasteiger partial charge in [-0.1, -0.05) is 53.6 Å². The molecule has 0 radical (unpaired) electrons. The Morgan fingerprint density at radius 2 is 1.80 bits per heavy atom. The minimum absolute atomic E-state index is 0.175. The van der Waals surface area contributed by atoms with Gasteiger partial charge in [-0.25, -0.2) is 4.39 Å². The number of halogens is 2. The summed E-state index contributed by atoms with van der Waals surface area (Å²) in [5.74, 6) is -0.109. The Bertz CT molecular complexity index is 566. The highest BCUT2D eigenvalue weighted by Crippen LogP contribution is 2.22. The first-order valence-corrected chi connectivity index (χ1v) is 7.16. The van der Waals surface area contributed by atoms with Gasteiger partial charge in [-0.3, -0.25) is 0 Å². The molecule has 0 aliphatic carbocycles. The summed E-state index contributed by atoms with van der Waals surface area (Å²) in [6, 6.07) is 13.5. The second-order valence-corrected chi connectivity index (χ2v) is 5.62. The van der Waals surface area contributed by atoms with Gasteiger partial charge in [0.15, 0.2) is 0 Å². The van der Waals surface area contributed by atoms with E-state index in [1.54, 1.807) is 18.2 Å². The topological polar surface area (TPSA) is 26.0 Å². The number of nitrogens with two attached hydrogens (primary N) is 1. The number of rotatable bonds is 5. The third-order valence-corrected chi connectivity index (χ3v) is 3.81. The van der Waals surface area contributed by atoms with Gasteiger partial charge in [-0.2, -0.15) is 0 Å². The Hall–Kier alpha value is -1.38. The van der Waals surface area contributed by atoms with Crippen molar-refractivity contribution in [2.75, 3.05) is 6.54 Å². The molecule has 0 aromatic heterocycles. The van der Waals surface area contributed by atoms with Crippen molar-refractivity contribution in [3.05, 3.63) is 70.0 Å². The fourth-order valence-electron chi connectivity index (χ4n) is 2.31. The van der Waals surface area contributed by atoms with Gasteiger partial charge in [0.05, 0.1) is 5.02 Å². The Morgan fingerprint density at radius 3 is 2.45 bits per heavy atom. The van der Waals surface area contributed by atoms with Crippen LogP contribution in [0.1, 0.15) is 16.7 Å². The van der Waals surface area contributed by atoms with Gasteiger partial charge in [-0.05, 0) is 49.4 Å². The van der Waals surface area contributed by atoms with Gasteiger partial charge < -0.3 is 5.73 Å². The van der Waals surface area contributed by atoms with Gasteiger partial charge in [0, 0.05) is 0 Å². The molecule has 0 saturated heterocycles. The summed E-state index contributed by atoms with van der Waals surface area (Å²) in [6.45, 7) is 2.59. The van der Waals surface area contributed by atoms with Gasteiger partial charge >= 0.3 is 0 Å². The van der Waals surface area contributed by atoms with Crippen molar-refractivity contribution in [2.24, 2.45) is 11.7 Å². The maximum atomic E-state index is 13.9. The zero-order chi connectivity index (χ0) is 14.5. The van der Waals surface area contributed by atoms with Crippen molar-refractivity contribution in [1.82, 2.24) is 0 Å². The van der Waals surface area contributed by atoms with Gasteiger partial charge in [0.25, 0.3) is 0 Å². The third-order valence-electron chi connectivity index (χ3n) is 3.52. The molecule has 20 heavy (non-hydrogen) atoms. The molecule has 0 bridgehead atoms. The fraction of sp³-hybridized carbons (Fsp3) is 0.294. The Labute approximate surface area is 124 Å². The lowest BCUT2D eigenvalue weighted by Crippen LogP contribution is -2.20. The average Bonchev–Trinajstić information content (AvgIpc) is 2.45. The van der Waals surface area contributed by atoms with Gasteiger partial charge in [0.2, 0.25) is 0 Å². The number of benzene rings is 2. The van der Waals surface area contributed by atoms with E-state index in [2.05, 4.69) is 31.2 Å². The molecule has 0 aliphatic rings. The van der Waals surface area contributed by atoms with E-state index in [-0.39, 0.29) is 16.8 Å². The number of aryl methyl sites for hydroxylation is 1. The van der Waals surface area contributed by atoms with E-state index < -0.39 is 0 Å². The molecule has 0 spiro atoms. The molecule has 2 aromatic carbocycles. The highest BCUT2D eigenvalue weighted by molar-refractivity contribution is 6.30. The molecule has 1 atom stereocenters. The lowest BCUT2D eigenvalue weighted by atomic mass is 9.92. The predicted molar refractivity (Wildman–Crippen MR) is 82.5 cm³/mol. The summed E-state index contributed by atoms with van der Waals surface area (Å²) < 4.78 is 13.9. The molecule has 1 unspecified atom stereocenters. The maximum absolute atomic E-state index is 13.9. The molecule has 106 valence electrons. The molecular weight excluding hydrogens is 273 g/mol. The lowest BCUT2D eigenvalue weighted by molar-refractivity contribution is 0.512. The summed E-state index contributed by atoms with van der Waals surface area (Å²) in [5, 5.41) is 0.175. The SMILES string of the molecule is Cc1ccc(CC(CN)Cc2cccc(Cl)c2F)cc1. The second kappa shape index (κ2) is 6.87. The lowest BCUT2D eigenvalue weighted by Gasteiger charge is -2.16. The summed E-state index contributed by atoms with van der Waals surface area (Å²) in [6.07, 6.45) is 1.46. The molecule has 0 heterocycles. The molecule has 3 heteroatoms. The van der Waals surface area contributed by atoms with E-state index in [1.807, 2.05) is 0 Å². The molecule has 1 nitrogen and oxygen atoms in total. The first-order valence-electron chi connectivity index (χ1n) is 6.78. The highest BCUT2D eigenvalue weighted by Gasteiger charge is 2.13. The van der Waals surface area contributed by atoms with Crippen molar-refractivity contribution in [3.8, 4) is 0 Å². The zero-order valence-electron chi connectivity index (χ0n) is 11.6. The van der Waals surface area contributed by atoms with Crippen LogP contribution in [0.5, 0.6) is 0 Å². The summed E-state index contributed by atoms with van der Waals surface area (Å²) in [5.41, 5.74) is 8.94. The maximum Gasteiger partial charge on any atom is 0.144 e. The smallest absolute Gasteiger partial charge is 0.144 e. The predicted octanol–water partition coefficient (Wildman–Crippen LogP) is 4.15. The molecule has 0 saturated carbocycles. The first kappa shape index (κ1) is 15.0. The monoisotopic (exact) mass is 291 g/mol. The number of hydrogen-bond acceptors (Lipinski definition) is 1. The number of hydrogen-bond donors (Lipinski definition) is 1. The minimum atomic E-state index is -0.323. The van der Waals surface area contributed by atoms with Crippen LogP contribution in [0.25, 0.3) is 0 Å². The van der Waals surface area contributed by atoms with Crippen molar-refractivity contribution in [3.63, 3.8) is 0 Å². The van der Waals surface area contributed by atoms with Crippen molar-refractivity contribution < 1.29 is 4.39 Å². The largest absolute Gasteiger partial charge is 0.330 e. The van der Waals surface area contributed by atoms with Crippen LogP contribution in [0.2, 0.25) is 5.02 Å². The van der Waals surface area contributed by atoms with Gasteiger partial charge in [0.1, 0.15) is 5.82 Å². The normalized spacial score (nSPS) is 12.4. The van der Waals surface area contributed by atoms with Crippen LogP contribution in [-0.2, 0) is 12.8 Å². The first-order chi connectivity index (χ1) is 9.60. The van der Waals surface area contributed by atoms with Crippen LogP contribution in [-0.4, -0.2) is 6.54 Å². The van der Waals surface area contributed by atoms with Gasteiger partial charge in [-0.15, -0.1) is 0 Å². The Balaban J connectivity index is 2.09. The van der Waals surface area contributed by atoms with Crippen molar-refractivity contribution in [1.29, 1.82) is 0 Å². The quantitative estimate of drug-likeness (QED) is 0.880. The van der Waals surface area contributed by atoms with Crippen LogP contribution < -0.4 is 5.73 Å². The van der Waals surface area contributed by atoms with E-state index >= 15 is 0 Å². The standard InChI is InChI=1S/C17H19ClFN/c1-12-5-7-13(8-6-12)9-14(11-20)10-15-3-2-4-16(18)17(15)19/h2-8,14H,9-11,20H2,1H3. The van der Waals surface area contributed by atoms with Crippen molar-refractivity contribution in [2.45, 2.75) is 19.8 Å². The summed E-state index contributed by atoms with van der Waals surface area (Å²) in [7, 11) is 0. The molecule has 0 fully saturated rings. The molecule has 2 N–H and O–H groups in total. The van der Waals surface area contributed by atoms with E-state index in [0.717, 1.165) is 6.42 Å². The minimum Gasteiger partial charge on any atom is -0.330 e. The van der Waals surface area contributed by atoms with Crippen molar-refractivity contribution >= 4 is 11.6 Å². The van der Waals surface area contributed by atoms with Crippen LogP contribution in [0.3, 0.4) is 0 Å². The molecule has 0 aliphatic heterocycles. The van der Waals surface area contributed by atoms with E-state index in [4.69, 9.17) is 17.3 Å². The summed E-state index contributed by atoms with van der Waals surface area (Å²) >= 11 is 5.81. The van der Waals surface area contributed by atoms with Crippen LogP contribution >= 0.6 is 11.6 Å². The zero-order valence-corrected chi connectivity index (χ0v) is 12.3. The van der Waals surface area contributed by atoms with Crippen LogP contribution in [0.15, 0.2) is 42.5 Å². The Morgan fingerprint density at radius 1 is 1.10 bits per heavy atom. The molecule has 2 rings (SSSR count). The average molecular weight is 292 g/mol. The molecule has 0 amide bonds. The van der Waals surface area contributed by atoms with E-state index in [0.29, 0.717) is 18.5 Å². The Kier molecular flexibility index (Phi) is 5.16. The molecular formula is C17H19ClFN. The van der Waals surface area contributed by atoms with Crippen LogP contribution in [0.4, 0.5) is 4.39 Å². The second-order valence-electron chi connectivity index (χ2n) is 5.21. The third kappa shape index (κ3) is 3.81. The van der Waals surface area contributed by atoms with Crippen LogP contribution in [0, 0.1) is 18.7 Å². The van der Waals surface area contributed by atoms with E-state index in [1.165, 1.54) is 11.1 Å².